The van der Waals surface area contributed by atoms with Gasteiger partial charge in [-0.15, -0.1) is 11.3 Å². The Kier molecular flexibility index (Phi) is 3.16. The van der Waals surface area contributed by atoms with E-state index < -0.39 is 6.17 Å². The number of carbonyl (C=O) groups excluding carboxylic acids is 1. The summed E-state index contributed by atoms with van der Waals surface area (Å²) in [5.74, 6) is -0.409. The average Bonchev–Trinajstić information content (AvgIpc) is 2.85. The van der Waals surface area contributed by atoms with Gasteiger partial charge in [0.1, 0.15) is 23.5 Å². The number of halogens is 1. The van der Waals surface area contributed by atoms with Gasteiger partial charge in [0.15, 0.2) is 0 Å². The minimum absolute atomic E-state index is 0.0981. The number of anilines is 1. The summed E-state index contributed by atoms with van der Waals surface area (Å²) in [6.45, 7) is 1.99. The van der Waals surface area contributed by atoms with Crippen molar-refractivity contribution in [1.82, 2.24) is 5.32 Å². The molecule has 114 valence electrons. The molecule has 2 aromatic rings. The van der Waals surface area contributed by atoms with Gasteiger partial charge in [-0.2, -0.15) is 0 Å². The SMILES string of the molecule is C[NH+]1CCc2c(sc3c2C(=O)N[C@H](c2ccccc2F)N3)C1. The summed E-state index contributed by atoms with van der Waals surface area (Å²) in [6, 6.07) is 6.54. The molecule has 2 aliphatic heterocycles. The van der Waals surface area contributed by atoms with Crippen molar-refractivity contribution >= 4 is 22.2 Å². The Morgan fingerprint density at radius 1 is 1.32 bits per heavy atom. The fourth-order valence-electron chi connectivity index (χ4n) is 3.20. The number of amides is 1. The monoisotopic (exact) mass is 318 g/mol. The number of benzene rings is 1. The second-order valence-corrected chi connectivity index (χ2v) is 7.02. The van der Waals surface area contributed by atoms with Crippen LogP contribution >= 0.6 is 11.3 Å². The Hall–Kier alpha value is -1.92. The third-order valence-corrected chi connectivity index (χ3v) is 5.51. The van der Waals surface area contributed by atoms with E-state index in [-0.39, 0.29) is 11.7 Å². The highest BCUT2D eigenvalue weighted by molar-refractivity contribution is 7.16. The zero-order valence-electron chi connectivity index (χ0n) is 12.2. The topological polar surface area (TPSA) is 45.6 Å². The van der Waals surface area contributed by atoms with E-state index in [0.717, 1.165) is 30.1 Å². The molecule has 0 fully saturated rings. The molecule has 4 rings (SSSR count). The molecule has 1 unspecified atom stereocenters. The zero-order valence-corrected chi connectivity index (χ0v) is 13.0. The van der Waals surface area contributed by atoms with Crippen molar-refractivity contribution in [3.8, 4) is 0 Å². The quantitative estimate of drug-likeness (QED) is 0.742. The second kappa shape index (κ2) is 5.07. The van der Waals surface area contributed by atoms with Crippen LogP contribution in [0.5, 0.6) is 0 Å². The van der Waals surface area contributed by atoms with Gasteiger partial charge in [0.2, 0.25) is 0 Å². The predicted molar refractivity (Wildman–Crippen MR) is 83.7 cm³/mol. The van der Waals surface area contributed by atoms with Crippen molar-refractivity contribution < 1.29 is 14.1 Å². The van der Waals surface area contributed by atoms with Gasteiger partial charge in [-0.05, 0) is 11.6 Å². The number of fused-ring (bicyclic) bond motifs is 3. The summed E-state index contributed by atoms with van der Waals surface area (Å²) in [4.78, 5) is 15.2. The van der Waals surface area contributed by atoms with E-state index in [1.807, 2.05) is 0 Å². The largest absolute Gasteiger partial charge is 0.353 e. The molecule has 1 aromatic carbocycles. The molecule has 0 saturated heterocycles. The van der Waals surface area contributed by atoms with Gasteiger partial charge in [-0.3, -0.25) is 4.79 Å². The minimum atomic E-state index is -0.508. The van der Waals surface area contributed by atoms with Crippen LogP contribution in [-0.2, 0) is 13.0 Å². The summed E-state index contributed by atoms with van der Waals surface area (Å²) in [5.41, 5.74) is 2.40. The smallest absolute Gasteiger partial charge is 0.256 e. The molecule has 0 radical (unpaired) electrons. The first-order chi connectivity index (χ1) is 10.6. The van der Waals surface area contributed by atoms with Crippen LogP contribution in [0.25, 0.3) is 0 Å². The molecule has 6 heteroatoms. The maximum absolute atomic E-state index is 14.0. The van der Waals surface area contributed by atoms with E-state index in [0.29, 0.717) is 5.56 Å². The Morgan fingerprint density at radius 2 is 2.14 bits per heavy atom. The minimum Gasteiger partial charge on any atom is -0.353 e. The van der Waals surface area contributed by atoms with Gasteiger partial charge >= 0.3 is 0 Å². The van der Waals surface area contributed by atoms with Crippen LogP contribution in [0.15, 0.2) is 24.3 Å². The summed E-state index contributed by atoms with van der Waals surface area (Å²) in [6.07, 6.45) is 0.415. The van der Waals surface area contributed by atoms with E-state index >= 15 is 0 Å². The standard InChI is InChI=1S/C16H16FN3OS/c1-20-7-6-10-12(8-20)22-16-13(10)15(21)18-14(19-16)9-4-2-3-5-11(9)17/h2-5,14,19H,6-8H2,1H3,(H,18,21)/p+1/t14-/m0/s1. The highest BCUT2D eigenvalue weighted by Crippen LogP contribution is 2.39. The molecule has 3 heterocycles. The Labute approximate surface area is 131 Å². The lowest BCUT2D eigenvalue weighted by Crippen LogP contribution is -3.08. The number of hydrogen-bond acceptors (Lipinski definition) is 3. The molecule has 2 aliphatic rings. The van der Waals surface area contributed by atoms with Gasteiger partial charge in [-0.25, -0.2) is 4.39 Å². The average molecular weight is 318 g/mol. The summed E-state index contributed by atoms with van der Waals surface area (Å²) in [5, 5.41) is 7.05. The normalized spacial score (nSPS) is 23.3. The fraction of sp³-hybridized carbons (Fsp3) is 0.312. The maximum atomic E-state index is 14.0. The van der Waals surface area contributed by atoms with Gasteiger partial charge in [0.25, 0.3) is 5.91 Å². The van der Waals surface area contributed by atoms with Crippen molar-refractivity contribution in [3.05, 3.63) is 51.7 Å². The fourth-order valence-corrected chi connectivity index (χ4v) is 4.58. The van der Waals surface area contributed by atoms with Crippen molar-refractivity contribution in [2.75, 3.05) is 18.9 Å². The number of rotatable bonds is 1. The first-order valence-electron chi connectivity index (χ1n) is 7.41. The van der Waals surface area contributed by atoms with Crippen molar-refractivity contribution in [2.45, 2.75) is 19.1 Å². The molecule has 0 aliphatic carbocycles. The van der Waals surface area contributed by atoms with E-state index in [2.05, 4.69) is 17.7 Å². The molecule has 1 aromatic heterocycles. The van der Waals surface area contributed by atoms with E-state index in [1.165, 1.54) is 21.4 Å². The molecular weight excluding hydrogens is 301 g/mol. The molecular formula is C16H17FN3OS+. The molecule has 4 nitrogen and oxygen atoms in total. The van der Waals surface area contributed by atoms with Gasteiger partial charge < -0.3 is 15.5 Å². The summed E-state index contributed by atoms with van der Waals surface area (Å²) < 4.78 is 14.0. The first kappa shape index (κ1) is 13.7. The highest BCUT2D eigenvalue weighted by atomic mass is 32.1. The van der Waals surface area contributed by atoms with Crippen LogP contribution in [0.3, 0.4) is 0 Å². The molecule has 3 N–H and O–H groups in total. The number of thiophene rings is 1. The van der Waals surface area contributed by atoms with Crippen LogP contribution < -0.4 is 15.5 Å². The Balaban J connectivity index is 1.73. The zero-order chi connectivity index (χ0) is 15.3. The van der Waals surface area contributed by atoms with Crippen molar-refractivity contribution in [2.24, 2.45) is 0 Å². The molecule has 0 spiro atoms. The lowest BCUT2D eigenvalue weighted by Gasteiger charge is -2.27. The van der Waals surface area contributed by atoms with Gasteiger partial charge in [-0.1, -0.05) is 18.2 Å². The van der Waals surface area contributed by atoms with Crippen molar-refractivity contribution in [3.63, 3.8) is 0 Å². The van der Waals surface area contributed by atoms with Crippen LogP contribution in [0.4, 0.5) is 9.39 Å². The van der Waals surface area contributed by atoms with E-state index in [9.17, 15) is 9.18 Å². The summed E-state index contributed by atoms with van der Waals surface area (Å²) >= 11 is 1.63. The Morgan fingerprint density at radius 3 is 2.95 bits per heavy atom. The second-order valence-electron chi connectivity index (χ2n) is 5.91. The number of carbonyl (C=O) groups is 1. The number of nitrogens with one attached hydrogen (secondary N) is 3. The van der Waals surface area contributed by atoms with E-state index in [4.69, 9.17) is 0 Å². The van der Waals surface area contributed by atoms with Gasteiger partial charge in [0, 0.05) is 12.0 Å². The number of hydrogen-bond donors (Lipinski definition) is 3. The molecule has 2 atom stereocenters. The Bertz CT molecular complexity index is 758. The van der Waals surface area contributed by atoms with E-state index in [1.54, 1.807) is 29.5 Å². The molecule has 22 heavy (non-hydrogen) atoms. The third-order valence-electron chi connectivity index (χ3n) is 4.35. The number of quaternary nitrogens is 1. The number of likely N-dealkylation sites (N-methyl/N-ethyl adjacent to an activating group) is 1. The molecule has 0 bridgehead atoms. The lowest BCUT2D eigenvalue weighted by atomic mass is 10.0. The van der Waals surface area contributed by atoms with Crippen molar-refractivity contribution in [1.29, 1.82) is 0 Å². The molecule has 0 saturated carbocycles. The third kappa shape index (κ3) is 2.10. The maximum Gasteiger partial charge on any atom is 0.256 e. The predicted octanol–water partition coefficient (Wildman–Crippen LogP) is 1.31. The van der Waals surface area contributed by atoms with Gasteiger partial charge in [0.05, 0.1) is 24.0 Å². The molecule has 1 amide bonds. The lowest BCUT2D eigenvalue weighted by molar-refractivity contribution is -0.895. The summed E-state index contributed by atoms with van der Waals surface area (Å²) in [7, 11) is 2.16. The van der Waals surface area contributed by atoms with Crippen LogP contribution in [-0.4, -0.2) is 19.5 Å². The van der Waals surface area contributed by atoms with Crippen LogP contribution in [0, 0.1) is 5.82 Å². The first-order valence-corrected chi connectivity index (χ1v) is 8.23. The van der Waals surface area contributed by atoms with Crippen LogP contribution in [0.1, 0.15) is 32.5 Å². The highest BCUT2D eigenvalue weighted by Gasteiger charge is 2.34. The van der Waals surface area contributed by atoms with Crippen LogP contribution in [0.2, 0.25) is 0 Å².